The minimum absolute atomic E-state index is 0.0240. The third-order valence-electron chi connectivity index (χ3n) is 4.21. The van der Waals surface area contributed by atoms with Gasteiger partial charge in [0.1, 0.15) is 0 Å². The largest absolute Gasteiger partial charge is 0.378 e. The molecule has 2 fully saturated rings. The Bertz CT molecular complexity index is 564. The minimum Gasteiger partial charge on any atom is -0.378 e. The maximum absolute atomic E-state index is 12.5. The molecule has 7 heteroatoms. The standard InChI is InChI=1S/C16H20BrN3O3/c17-14-3-1-13(2-4-14)15(21)18-5-7-19(8-6-18)16(22)20-9-11-23-12-10-20/h1-4H,5-12H2. The van der Waals surface area contributed by atoms with Crippen LogP contribution in [0.1, 0.15) is 10.4 Å². The topological polar surface area (TPSA) is 53.1 Å². The van der Waals surface area contributed by atoms with Crippen LogP contribution in [0.2, 0.25) is 0 Å². The third-order valence-corrected chi connectivity index (χ3v) is 4.74. The van der Waals surface area contributed by atoms with Gasteiger partial charge in [-0.2, -0.15) is 0 Å². The van der Waals surface area contributed by atoms with Gasteiger partial charge in [-0.05, 0) is 24.3 Å². The van der Waals surface area contributed by atoms with E-state index in [0.717, 1.165) is 4.47 Å². The van der Waals surface area contributed by atoms with Gasteiger partial charge in [0, 0.05) is 49.3 Å². The Morgan fingerprint density at radius 2 is 1.35 bits per heavy atom. The number of ether oxygens (including phenoxy) is 1. The highest BCUT2D eigenvalue weighted by Crippen LogP contribution is 2.14. The molecule has 2 aliphatic heterocycles. The van der Waals surface area contributed by atoms with Gasteiger partial charge < -0.3 is 19.4 Å². The number of hydrogen-bond donors (Lipinski definition) is 0. The summed E-state index contributed by atoms with van der Waals surface area (Å²) < 4.78 is 6.23. The second-order valence-corrected chi connectivity index (χ2v) is 6.58. The van der Waals surface area contributed by atoms with E-state index in [0.29, 0.717) is 58.0 Å². The molecule has 0 N–H and O–H groups in total. The molecule has 23 heavy (non-hydrogen) atoms. The molecule has 0 unspecified atom stereocenters. The molecular formula is C16H20BrN3O3. The van der Waals surface area contributed by atoms with Gasteiger partial charge in [-0.15, -0.1) is 0 Å². The van der Waals surface area contributed by atoms with E-state index in [1.54, 1.807) is 0 Å². The van der Waals surface area contributed by atoms with Crippen molar-refractivity contribution in [3.63, 3.8) is 0 Å². The third kappa shape index (κ3) is 3.84. The molecule has 0 aromatic heterocycles. The number of carbonyl (C=O) groups is 2. The highest BCUT2D eigenvalue weighted by Gasteiger charge is 2.28. The summed E-state index contributed by atoms with van der Waals surface area (Å²) in [5.41, 5.74) is 0.682. The molecule has 0 spiro atoms. The summed E-state index contributed by atoms with van der Waals surface area (Å²) in [6, 6.07) is 7.43. The van der Waals surface area contributed by atoms with Crippen LogP contribution in [0.5, 0.6) is 0 Å². The Labute approximate surface area is 144 Å². The summed E-state index contributed by atoms with van der Waals surface area (Å²) in [7, 11) is 0. The van der Waals surface area contributed by atoms with Gasteiger partial charge in [0.15, 0.2) is 0 Å². The molecule has 6 nitrogen and oxygen atoms in total. The maximum atomic E-state index is 12.5. The van der Waals surface area contributed by atoms with E-state index in [1.807, 2.05) is 39.0 Å². The highest BCUT2D eigenvalue weighted by atomic mass is 79.9. The molecule has 0 aliphatic carbocycles. The Balaban J connectivity index is 1.54. The number of rotatable bonds is 1. The van der Waals surface area contributed by atoms with E-state index in [1.165, 1.54) is 0 Å². The van der Waals surface area contributed by atoms with Gasteiger partial charge in [-0.25, -0.2) is 4.79 Å². The second-order valence-electron chi connectivity index (χ2n) is 5.67. The van der Waals surface area contributed by atoms with E-state index in [2.05, 4.69) is 15.9 Å². The predicted molar refractivity (Wildman–Crippen MR) is 89.4 cm³/mol. The molecule has 3 amide bonds. The average Bonchev–Trinajstić information content (AvgIpc) is 2.62. The van der Waals surface area contributed by atoms with Gasteiger partial charge in [-0.3, -0.25) is 4.79 Å². The summed E-state index contributed by atoms with van der Waals surface area (Å²) in [6.07, 6.45) is 0. The number of urea groups is 1. The monoisotopic (exact) mass is 381 g/mol. The Morgan fingerprint density at radius 1 is 0.826 bits per heavy atom. The number of piperazine rings is 1. The van der Waals surface area contributed by atoms with Crippen molar-refractivity contribution in [3.8, 4) is 0 Å². The summed E-state index contributed by atoms with van der Waals surface area (Å²) in [6.45, 7) is 4.82. The van der Waals surface area contributed by atoms with Crippen molar-refractivity contribution in [1.29, 1.82) is 0 Å². The lowest BCUT2D eigenvalue weighted by atomic mass is 10.2. The molecule has 2 saturated heterocycles. The molecule has 3 rings (SSSR count). The lowest BCUT2D eigenvalue weighted by molar-refractivity contribution is 0.0362. The van der Waals surface area contributed by atoms with Crippen molar-refractivity contribution in [2.24, 2.45) is 0 Å². The number of halogens is 1. The summed E-state index contributed by atoms with van der Waals surface area (Å²) in [4.78, 5) is 30.4. The predicted octanol–water partition coefficient (Wildman–Crippen LogP) is 1.66. The number of carbonyl (C=O) groups excluding carboxylic acids is 2. The van der Waals surface area contributed by atoms with E-state index < -0.39 is 0 Å². The number of morpholine rings is 1. The zero-order chi connectivity index (χ0) is 16.2. The van der Waals surface area contributed by atoms with E-state index >= 15 is 0 Å². The SMILES string of the molecule is O=C(c1ccc(Br)cc1)N1CCN(C(=O)N2CCOCC2)CC1. The molecule has 124 valence electrons. The average molecular weight is 382 g/mol. The van der Waals surface area contributed by atoms with Gasteiger partial charge in [0.2, 0.25) is 0 Å². The van der Waals surface area contributed by atoms with Crippen LogP contribution < -0.4 is 0 Å². The molecular weight excluding hydrogens is 362 g/mol. The van der Waals surface area contributed by atoms with Gasteiger partial charge >= 0.3 is 6.03 Å². The maximum Gasteiger partial charge on any atom is 0.320 e. The van der Waals surface area contributed by atoms with Crippen LogP contribution in [0.3, 0.4) is 0 Å². The van der Waals surface area contributed by atoms with Gasteiger partial charge in [0.25, 0.3) is 5.91 Å². The minimum atomic E-state index is 0.0240. The van der Waals surface area contributed by atoms with Gasteiger partial charge in [0.05, 0.1) is 13.2 Å². The van der Waals surface area contributed by atoms with Crippen LogP contribution in [0.4, 0.5) is 4.79 Å². The van der Waals surface area contributed by atoms with Crippen LogP contribution in [0.25, 0.3) is 0 Å². The van der Waals surface area contributed by atoms with Crippen molar-refractivity contribution < 1.29 is 14.3 Å². The number of benzene rings is 1. The van der Waals surface area contributed by atoms with Crippen LogP contribution in [0, 0.1) is 0 Å². The fourth-order valence-corrected chi connectivity index (χ4v) is 3.09. The Morgan fingerprint density at radius 3 is 1.96 bits per heavy atom. The van der Waals surface area contributed by atoms with Crippen LogP contribution in [-0.4, -0.2) is 79.1 Å². The number of nitrogens with zero attached hydrogens (tertiary/aromatic N) is 3. The molecule has 2 aliphatic rings. The van der Waals surface area contributed by atoms with Crippen LogP contribution >= 0.6 is 15.9 Å². The molecule has 0 bridgehead atoms. The fourth-order valence-electron chi connectivity index (χ4n) is 2.83. The molecule has 0 radical (unpaired) electrons. The smallest absolute Gasteiger partial charge is 0.320 e. The quantitative estimate of drug-likeness (QED) is 0.743. The zero-order valence-corrected chi connectivity index (χ0v) is 14.5. The first kappa shape index (κ1) is 16.3. The number of amides is 3. The molecule has 1 aromatic rings. The van der Waals surface area contributed by atoms with Crippen molar-refractivity contribution in [3.05, 3.63) is 34.3 Å². The Kier molecular flexibility index (Phi) is 5.17. The first-order valence-corrected chi connectivity index (χ1v) is 8.61. The van der Waals surface area contributed by atoms with E-state index in [-0.39, 0.29) is 11.9 Å². The van der Waals surface area contributed by atoms with Crippen molar-refractivity contribution in [2.75, 3.05) is 52.5 Å². The fraction of sp³-hybridized carbons (Fsp3) is 0.500. The molecule has 0 atom stereocenters. The zero-order valence-electron chi connectivity index (χ0n) is 12.9. The van der Waals surface area contributed by atoms with Gasteiger partial charge in [-0.1, -0.05) is 15.9 Å². The molecule has 0 saturated carbocycles. The first-order valence-electron chi connectivity index (χ1n) is 7.81. The lowest BCUT2D eigenvalue weighted by Gasteiger charge is -2.38. The Hall–Kier alpha value is -1.60. The molecule has 1 aromatic carbocycles. The summed E-state index contributed by atoms with van der Waals surface area (Å²) >= 11 is 3.37. The normalized spacial score (nSPS) is 18.9. The van der Waals surface area contributed by atoms with Crippen molar-refractivity contribution in [2.45, 2.75) is 0 Å². The van der Waals surface area contributed by atoms with Crippen molar-refractivity contribution >= 4 is 27.9 Å². The van der Waals surface area contributed by atoms with Crippen LogP contribution in [-0.2, 0) is 4.74 Å². The van der Waals surface area contributed by atoms with Crippen molar-refractivity contribution in [1.82, 2.24) is 14.7 Å². The first-order chi connectivity index (χ1) is 11.1. The highest BCUT2D eigenvalue weighted by molar-refractivity contribution is 9.10. The number of hydrogen-bond acceptors (Lipinski definition) is 3. The summed E-state index contributed by atoms with van der Waals surface area (Å²) in [5.74, 6) is 0.0240. The molecule has 2 heterocycles. The lowest BCUT2D eigenvalue weighted by Crippen LogP contribution is -2.55. The summed E-state index contributed by atoms with van der Waals surface area (Å²) in [5, 5.41) is 0. The second kappa shape index (κ2) is 7.31. The van der Waals surface area contributed by atoms with E-state index in [4.69, 9.17) is 4.74 Å². The van der Waals surface area contributed by atoms with E-state index in [9.17, 15) is 9.59 Å². The van der Waals surface area contributed by atoms with Crippen LogP contribution in [0.15, 0.2) is 28.7 Å².